The van der Waals surface area contributed by atoms with Crippen LogP contribution in [0.4, 0.5) is 8.78 Å². The van der Waals surface area contributed by atoms with Crippen LogP contribution in [0.25, 0.3) is 0 Å². The zero-order valence-corrected chi connectivity index (χ0v) is 11.2. The second kappa shape index (κ2) is 5.48. The summed E-state index contributed by atoms with van der Waals surface area (Å²) in [5.74, 6) is -0.785. The highest BCUT2D eigenvalue weighted by molar-refractivity contribution is 9.10. The number of rotatable bonds is 4. The average Bonchev–Trinajstić information content (AvgIpc) is 2.82. The van der Waals surface area contributed by atoms with Crippen LogP contribution in [0.15, 0.2) is 29.0 Å². The van der Waals surface area contributed by atoms with Crippen LogP contribution in [0.5, 0.6) is 5.75 Å². The molecule has 18 heavy (non-hydrogen) atoms. The van der Waals surface area contributed by atoms with Crippen molar-refractivity contribution in [1.29, 1.82) is 0 Å². The lowest BCUT2D eigenvalue weighted by Gasteiger charge is -2.07. The van der Waals surface area contributed by atoms with Crippen LogP contribution in [0.1, 0.15) is 12.5 Å². The van der Waals surface area contributed by atoms with Crippen LogP contribution >= 0.6 is 15.9 Å². The fourth-order valence-electron chi connectivity index (χ4n) is 1.45. The standard InChI is InChI=1S/C12H11BrF2N2O/c1-2-17-6-8(5-16-17)18-7-9-11(14)4-3-10(13)12(9)15/h3-6H,2,7H2,1H3. The first-order valence-corrected chi connectivity index (χ1v) is 6.18. The van der Waals surface area contributed by atoms with Crippen LogP contribution in [0.3, 0.4) is 0 Å². The van der Waals surface area contributed by atoms with E-state index in [1.165, 1.54) is 18.3 Å². The summed E-state index contributed by atoms with van der Waals surface area (Å²) in [5, 5.41) is 4.00. The number of hydrogen-bond acceptors (Lipinski definition) is 2. The molecule has 0 saturated carbocycles. The molecule has 0 amide bonds. The Labute approximate surface area is 112 Å². The lowest BCUT2D eigenvalue weighted by Crippen LogP contribution is -2.02. The molecule has 1 aromatic carbocycles. The number of benzene rings is 1. The highest BCUT2D eigenvalue weighted by Crippen LogP contribution is 2.23. The van der Waals surface area contributed by atoms with E-state index < -0.39 is 11.6 Å². The van der Waals surface area contributed by atoms with Gasteiger partial charge in [0.2, 0.25) is 0 Å². The van der Waals surface area contributed by atoms with E-state index in [1.807, 2.05) is 6.92 Å². The summed E-state index contributed by atoms with van der Waals surface area (Å²) >= 11 is 3.01. The predicted molar refractivity (Wildman–Crippen MR) is 66.3 cm³/mol. The molecule has 1 heterocycles. The molecular formula is C12H11BrF2N2O. The molecular weight excluding hydrogens is 306 g/mol. The highest BCUT2D eigenvalue weighted by Gasteiger charge is 2.13. The molecule has 6 heteroatoms. The largest absolute Gasteiger partial charge is 0.485 e. The zero-order chi connectivity index (χ0) is 13.1. The first-order chi connectivity index (χ1) is 8.61. The van der Waals surface area contributed by atoms with E-state index in [9.17, 15) is 8.78 Å². The van der Waals surface area contributed by atoms with Crippen molar-refractivity contribution < 1.29 is 13.5 Å². The number of aryl methyl sites for hydroxylation is 1. The second-order valence-corrected chi connectivity index (χ2v) is 4.50. The Morgan fingerprint density at radius 2 is 2.17 bits per heavy atom. The van der Waals surface area contributed by atoms with Gasteiger partial charge in [-0.1, -0.05) is 0 Å². The summed E-state index contributed by atoms with van der Waals surface area (Å²) < 4.78 is 34.3. The van der Waals surface area contributed by atoms with Crippen molar-refractivity contribution in [3.05, 3.63) is 46.2 Å². The Kier molecular flexibility index (Phi) is 3.96. The molecule has 2 rings (SSSR count). The van der Waals surface area contributed by atoms with Crippen molar-refractivity contribution in [2.24, 2.45) is 0 Å². The van der Waals surface area contributed by atoms with Gasteiger partial charge in [-0.05, 0) is 35.0 Å². The van der Waals surface area contributed by atoms with Crippen molar-refractivity contribution in [2.45, 2.75) is 20.1 Å². The maximum atomic E-state index is 13.6. The first kappa shape index (κ1) is 13.0. The lowest BCUT2D eigenvalue weighted by molar-refractivity contribution is 0.292. The van der Waals surface area contributed by atoms with Crippen LogP contribution in [-0.2, 0) is 13.2 Å². The van der Waals surface area contributed by atoms with Crippen LogP contribution in [0.2, 0.25) is 0 Å². The van der Waals surface area contributed by atoms with Gasteiger partial charge in [0.1, 0.15) is 18.2 Å². The molecule has 0 fully saturated rings. The quantitative estimate of drug-likeness (QED) is 0.807. The van der Waals surface area contributed by atoms with Crippen molar-refractivity contribution in [2.75, 3.05) is 0 Å². The molecule has 0 saturated heterocycles. The van der Waals surface area contributed by atoms with Gasteiger partial charge in [0, 0.05) is 6.54 Å². The third kappa shape index (κ3) is 2.69. The van der Waals surface area contributed by atoms with Gasteiger partial charge in [-0.3, -0.25) is 4.68 Å². The summed E-state index contributed by atoms with van der Waals surface area (Å²) in [6.45, 7) is 2.47. The molecule has 0 atom stereocenters. The zero-order valence-electron chi connectivity index (χ0n) is 9.66. The Bertz CT molecular complexity index is 557. The van der Waals surface area contributed by atoms with E-state index in [0.717, 1.165) is 0 Å². The second-order valence-electron chi connectivity index (χ2n) is 3.64. The van der Waals surface area contributed by atoms with Gasteiger partial charge in [0.15, 0.2) is 5.75 Å². The van der Waals surface area contributed by atoms with Crippen molar-refractivity contribution in [1.82, 2.24) is 9.78 Å². The Hall–Kier alpha value is -1.43. The van der Waals surface area contributed by atoms with Gasteiger partial charge in [-0.2, -0.15) is 5.10 Å². The topological polar surface area (TPSA) is 27.1 Å². The maximum Gasteiger partial charge on any atom is 0.157 e. The minimum Gasteiger partial charge on any atom is -0.485 e. The van der Waals surface area contributed by atoms with Gasteiger partial charge in [-0.25, -0.2) is 8.78 Å². The molecule has 2 aromatic rings. The van der Waals surface area contributed by atoms with Gasteiger partial charge >= 0.3 is 0 Å². The molecule has 0 aliphatic heterocycles. The molecule has 0 unspecified atom stereocenters. The molecule has 1 aromatic heterocycles. The van der Waals surface area contributed by atoms with E-state index >= 15 is 0 Å². The lowest BCUT2D eigenvalue weighted by atomic mass is 10.2. The number of aromatic nitrogens is 2. The van der Waals surface area contributed by atoms with E-state index in [4.69, 9.17) is 4.74 Å². The van der Waals surface area contributed by atoms with Crippen LogP contribution in [0, 0.1) is 11.6 Å². The molecule has 0 aliphatic rings. The van der Waals surface area contributed by atoms with Gasteiger partial charge in [0.05, 0.1) is 22.4 Å². The third-order valence-corrected chi connectivity index (χ3v) is 3.07. The fraction of sp³-hybridized carbons (Fsp3) is 0.250. The van der Waals surface area contributed by atoms with E-state index in [2.05, 4.69) is 21.0 Å². The number of hydrogen-bond donors (Lipinski definition) is 0. The summed E-state index contributed by atoms with van der Waals surface area (Å²) in [5.41, 5.74) is -0.103. The number of nitrogens with zero attached hydrogens (tertiary/aromatic N) is 2. The summed E-state index contributed by atoms with van der Waals surface area (Å²) in [6.07, 6.45) is 3.19. The van der Waals surface area contributed by atoms with E-state index in [-0.39, 0.29) is 16.6 Å². The minimum atomic E-state index is -0.641. The molecule has 0 aliphatic carbocycles. The van der Waals surface area contributed by atoms with Crippen LogP contribution in [-0.4, -0.2) is 9.78 Å². The predicted octanol–water partition coefficient (Wildman–Crippen LogP) is 3.52. The Balaban J connectivity index is 2.12. The molecule has 3 nitrogen and oxygen atoms in total. The van der Waals surface area contributed by atoms with Crippen molar-refractivity contribution >= 4 is 15.9 Å². The van der Waals surface area contributed by atoms with Crippen molar-refractivity contribution in [3.8, 4) is 5.75 Å². The van der Waals surface area contributed by atoms with E-state index in [1.54, 1.807) is 10.9 Å². The minimum absolute atomic E-state index is 0.103. The summed E-state index contributed by atoms with van der Waals surface area (Å²) in [4.78, 5) is 0. The fourth-order valence-corrected chi connectivity index (χ4v) is 1.82. The SMILES string of the molecule is CCn1cc(OCc2c(F)ccc(Br)c2F)cn1. The third-order valence-electron chi connectivity index (χ3n) is 2.46. The number of ether oxygens (including phenoxy) is 1. The Morgan fingerprint density at radius 3 is 2.83 bits per heavy atom. The highest BCUT2D eigenvalue weighted by atomic mass is 79.9. The van der Waals surface area contributed by atoms with Gasteiger partial charge in [0.25, 0.3) is 0 Å². The average molecular weight is 317 g/mol. The molecule has 0 N–H and O–H groups in total. The summed E-state index contributed by atoms with van der Waals surface area (Å²) in [7, 11) is 0. The summed E-state index contributed by atoms with van der Waals surface area (Å²) in [6, 6.07) is 2.52. The first-order valence-electron chi connectivity index (χ1n) is 5.39. The number of halogens is 3. The van der Waals surface area contributed by atoms with Crippen LogP contribution < -0.4 is 4.74 Å². The smallest absolute Gasteiger partial charge is 0.157 e. The molecule has 96 valence electrons. The van der Waals surface area contributed by atoms with Crippen molar-refractivity contribution in [3.63, 3.8) is 0 Å². The molecule has 0 bridgehead atoms. The maximum absolute atomic E-state index is 13.6. The van der Waals surface area contributed by atoms with E-state index in [0.29, 0.717) is 12.3 Å². The Morgan fingerprint density at radius 1 is 1.39 bits per heavy atom. The normalized spacial score (nSPS) is 10.7. The monoisotopic (exact) mass is 316 g/mol. The van der Waals surface area contributed by atoms with Gasteiger partial charge in [-0.15, -0.1) is 0 Å². The molecule has 0 radical (unpaired) electrons. The van der Waals surface area contributed by atoms with Gasteiger partial charge < -0.3 is 4.74 Å². The molecule has 0 spiro atoms.